The molecule has 0 aliphatic heterocycles. The van der Waals surface area contributed by atoms with Gasteiger partial charge in [0.2, 0.25) is 0 Å². The Morgan fingerprint density at radius 2 is 0.652 bits per heavy atom. The van der Waals surface area contributed by atoms with Gasteiger partial charge >= 0.3 is 0 Å². The summed E-state index contributed by atoms with van der Waals surface area (Å²) in [5, 5.41) is 21.8. The van der Waals surface area contributed by atoms with Crippen LogP contribution in [0.25, 0.3) is 32.8 Å². The van der Waals surface area contributed by atoms with Crippen LogP contribution >= 0.6 is 31.9 Å². The Morgan fingerprint density at radius 1 is 0.391 bits per heavy atom. The molecule has 0 saturated carbocycles. The van der Waals surface area contributed by atoms with Gasteiger partial charge in [-0.25, -0.2) is 0 Å². The quantitative estimate of drug-likeness (QED) is 0.0598. The zero-order valence-corrected chi connectivity index (χ0v) is 32.2. The molecular formula is C38H60Br2N6. The van der Waals surface area contributed by atoms with Crippen molar-refractivity contribution in [2.45, 2.75) is 181 Å². The molecule has 0 aliphatic carbocycles. The Bertz CT molecular complexity index is 1320. The van der Waals surface area contributed by atoms with E-state index in [4.69, 9.17) is 20.4 Å². The van der Waals surface area contributed by atoms with Crippen molar-refractivity contribution in [3.63, 3.8) is 0 Å². The zero-order chi connectivity index (χ0) is 32.4. The summed E-state index contributed by atoms with van der Waals surface area (Å²) in [5.41, 5.74) is 3.70. The summed E-state index contributed by atoms with van der Waals surface area (Å²) in [6.07, 6.45) is 32.4. The van der Waals surface area contributed by atoms with E-state index in [-0.39, 0.29) is 0 Å². The fourth-order valence-corrected chi connectivity index (χ4v) is 7.70. The highest BCUT2D eigenvalue weighted by Crippen LogP contribution is 2.36. The van der Waals surface area contributed by atoms with Crippen LogP contribution in [0.2, 0.25) is 0 Å². The summed E-state index contributed by atoms with van der Waals surface area (Å²) in [6.45, 7) is 6.30. The minimum atomic E-state index is 0.860. The van der Waals surface area contributed by atoms with Crippen molar-refractivity contribution in [1.29, 1.82) is 0 Å². The first-order valence-electron chi connectivity index (χ1n) is 19.0. The lowest BCUT2D eigenvalue weighted by molar-refractivity contribution is 0.483. The van der Waals surface area contributed by atoms with E-state index >= 15 is 0 Å². The lowest BCUT2D eigenvalue weighted by Crippen LogP contribution is -2.02. The van der Waals surface area contributed by atoms with Gasteiger partial charge in [0.25, 0.3) is 0 Å². The van der Waals surface area contributed by atoms with Crippen LogP contribution in [0.5, 0.6) is 0 Å². The van der Waals surface area contributed by atoms with Crippen molar-refractivity contribution >= 4 is 64.7 Å². The molecule has 0 amide bonds. The molecule has 0 fully saturated rings. The van der Waals surface area contributed by atoms with Crippen molar-refractivity contribution in [1.82, 2.24) is 30.0 Å². The van der Waals surface area contributed by atoms with E-state index in [2.05, 4.69) is 57.8 Å². The number of hydrogen-bond acceptors (Lipinski definition) is 4. The Hall–Kier alpha value is -1.54. The fourth-order valence-electron chi connectivity index (χ4n) is 6.71. The van der Waals surface area contributed by atoms with Gasteiger partial charge in [0.05, 0.1) is 13.1 Å². The van der Waals surface area contributed by atoms with Crippen LogP contribution in [-0.4, -0.2) is 30.0 Å². The molecule has 2 heterocycles. The SMILES string of the molecule is CCCCCCCCCCCCCCn1nc2c(Br)cc3c(cc(Br)c4nn(CCCCCCCCCCCCCC)nc43)c2n1. The number of benzene rings is 2. The lowest BCUT2D eigenvalue weighted by atomic mass is 10.1. The van der Waals surface area contributed by atoms with Crippen molar-refractivity contribution in [3.8, 4) is 0 Å². The maximum absolute atomic E-state index is 4.96. The highest BCUT2D eigenvalue weighted by Gasteiger charge is 2.18. The average Bonchev–Trinajstić information content (AvgIpc) is 3.69. The molecule has 2 aromatic heterocycles. The van der Waals surface area contributed by atoms with Crippen LogP contribution in [0.15, 0.2) is 21.1 Å². The number of hydrogen-bond donors (Lipinski definition) is 0. The number of unbranched alkanes of at least 4 members (excludes halogenated alkanes) is 22. The third-order valence-electron chi connectivity index (χ3n) is 9.53. The standard InChI is InChI=1S/C38H60Br2N6/c1-3-5-7-9-11-13-15-17-19-21-23-25-27-45-41-35-31-29-34(40)38-36(32(31)30-33(39)37(35)43-45)42-46(44-38)28-26-24-22-20-18-16-14-12-10-8-6-4-2/h29-30H,3-28H2,1-2H3. The first kappa shape index (κ1) is 37.3. The fraction of sp³-hybridized carbons (Fsp3) is 0.737. The Labute approximate surface area is 295 Å². The normalized spacial score (nSPS) is 12.0. The summed E-state index contributed by atoms with van der Waals surface area (Å²) >= 11 is 7.59. The van der Waals surface area contributed by atoms with Crippen molar-refractivity contribution < 1.29 is 0 Å². The number of aryl methyl sites for hydroxylation is 2. The first-order valence-corrected chi connectivity index (χ1v) is 20.6. The molecule has 2 aromatic carbocycles. The monoisotopic (exact) mass is 758 g/mol. The van der Waals surface area contributed by atoms with Crippen LogP contribution in [0.3, 0.4) is 0 Å². The molecule has 0 aliphatic rings. The lowest BCUT2D eigenvalue weighted by Gasteiger charge is -2.03. The maximum Gasteiger partial charge on any atom is 0.128 e. The topological polar surface area (TPSA) is 61.4 Å². The summed E-state index contributed by atoms with van der Waals surface area (Å²) in [4.78, 5) is 3.79. The Kier molecular flexibility index (Phi) is 17.4. The van der Waals surface area contributed by atoms with Crippen LogP contribution < -0.4 is 0 Å². The second-order valence-corrected chi connectivity index (χ2v) is 15.3. The zero-order valence-electron chi connectivity index (χ0n) is 29.0. The number of nitrogens with zero attached hydrogens (tertiary/aromatic N) is 6. The molecule has 256 valence electrons. The smallest absolute Gasteiger partial charge is 0.128 e. The van der Waals surface area contributed by atoms with E-state index in [1.165, 1.54) is 141 Å². The maximum atomic E-state index is 4.96. The van der Waals surface area contributed by atoms with Crippen LogP contribution in [-0.2, 0) is 13.1 Å². The number of fused-ring (bicyclic) bond motifs is 5. The molecule has 0 unspecified atom stereocenters. The predicted octanol–water partition coefficient (Wildman–Crippen LogP) is 13.3. The van der Waals surface area contributed by atoms with E-state index in [0.717, 1.165) is 67.7 Å². The first-order chi connectivity index (χ1) is 22.6. The molecule has 0 spiro atoms. The molecule has 0 bridgehead atoms. The molecule has 0 radical (unpaired) electrons. The summed E-state index contributed by atoms with van der Waals surface area (Å²) in [7, 11) is 0. The molecule has 0 atom stereocenters. The predicted molar refractivity (Wildman–Crippen MR) is 204 cm³/mol. The van der Waals surface area contributed by atoms with E-state index in [0.29, 0.717) is 0 Å². The number of rotatable bonds is 26. The van der Waals surface area contributed by atoms with Crippen LogP contribution in [0.1, 0.15) is 168 Å². The minimum absolute atomic E-state index is 0.860. The van der Waals surface area contributed by atoms with E-state index < -0.39 is 0 Å². The molecule has 0 saturated heterocycles. The third-order valence-corrected chi connectivity index (χ3v) is 10.7. The van der Waals surface area contributed by atoms with Gasteiger partial charge in [-0.1, -0.05) is 155 Å². The van der Waals surface area contributed by atoms with Gasteiger partial charge < -0.3 is 0 Å². The highest BCUT2D eigenvalue weighted by molar-refractivity contribution is 9.11. The summed E-state index contributed by atoms with van der Waals surface area (Å²) in [5.74, 6) is 0. The van der Waals surface area contributed by atoms with E-state index in [1.807, 2.05) is 9.59 Å². The van der Waals surface area contributed by atoms with Crippen LogP contribution in [0, 0.1) is 0 Å². The van der Waals surface area contributed by atoms with Gasteiger partial charge in [-0.15, -0.1) is 0 Å². The van der Waals surface area contributed by atoms with Crippen molar-refractivity contribution in [3.05, 3.63) is 21.1 Å². The molecule has 8 heteroatoms. The van der Waals surface area contributed by atoms with Gasteiger partial charge in [0.1, 0.15) is 22.1 Å². The van der Waals surface area contributed by atoms with Gasteiger partial charge in [0, 0.05) is 19.7 Å². The van der Waals surface area contributed by atoms with Gasteiger partial charge in [0.15, 0.2) is 0 Å². The van der Waals surface area contributed by atoms with Crippen molar-refractivity contribution in [2.75, 3.05) is 0 Å². The molecule has 4 rings (SSSR count). The van der Waals surface area contributed by atoms with Crippen LogP contribution in [0.4, 0.5) is 0 Å². The van der Waals surface area contributed by atoms with E-state index in [9.17, 15) is 0 Å². The van der Waals surface area contributed by atoms with Crippen molar-refractivity contribution in [2.24, 2.45) is 0 Å². The summed E-state index contributed by atoms with van der Waals surface area (Å²) in [6, 6.07) is 4.30. The summed E-state index contributed by atoms with van der Waals surface area (Å²) < 4.78 is 1.94. The number of aromatic nitrogens is 6. The highest BCUT2D eigenvalue weighted by atomic mass is 79.9. The Balaban J connectivity index is 1.22. The van der Waals surface area contributed by atoms with Gasteiger partial charge in [-0.05, 0) is 56.8 Å². The number of halogens is 2. The second-order valence-electron chi connectivity index (χ2n) is 13.6. The molecule has 0 N–H and O–H groups in total. The molecule has 4 aromatic rings. The minimum Gasteiger partial charge on any atom is -0.184 e. The average molecular weight is 761 g/mol. The molecule has 46 heavy (non-hydrogen) atoms. The largest absolute Gasteiger partial charge is 0.184 e. The Morgan fingerprint density at radius 3 is 0.957 bits per heavy atom. The van der Waals surface area contributed by atoms with Gasteiger partial charge in [-0.2, -0.15) is 30.0 Å². The van der Waals surface area contributed by atoms with Gasteiger partial charge in [-0.3, -0.25) is 0 Å². The molecular weight excluding hydrogens is 700 g/mol. The third kappa shape index (κ3) is 11.9. The van der Waals surface area contributed by atoms with E-state index in [1.54, 1.807) is 0 Å². The molecule has 6 nitrogen and oxygen atoms in total. The second kappa shape index (κ2) is 21.4.